The molecule has 1 atom stereocenters. The number of carboxylic acid groups (broad SMARTS) is 1. The van der Waals surface area contributed by atoms with E-state index in [1.54, 1.807) is 0 Å². The van der Waals surface area contributed by atoms with Crippen LogP contribution in [0.5, 0.6) is 0 Å². The number of benzene rings is 1. The van der Waals surface area contributed by atoms with Crippen LogP contribution >= 0.6 is 0 Å². The first-order valence-electron chi connectivity index (χ1n) is 5.79. The highest BCUT2D eigenvalue weighted by molar-refractivity contribution is 5.68. The van der Waals surface area contributed by atoms with Gasteiger partial charge in [-0.25, -0.2) is 0 Å². The van der Waals surface area contributed by atoms with E-state index in [0.717, 1.165) is 11.1 Å². The predicted octanol–water partition coefficient (Wildman–Crippen LogP) is 2.60. The molecule has 1 rings (SSSR count). The van der Waals surface area contributed by atoms with Gasteiger partial charge in [0.25, 0.3) is 0 Å². The number of hydrogen-bond donors (Lipinski definition) is 2. The Hall–Kier alpha value is -1.35. The third-order valence-corrected chi connectivity index (χ3v) is 3.08. The quantitative estimate of drug-likeness (QED) is 0.843. The number of nitrogens with two attached hydrogens (primary N) is 1. The Bertz CT molecular complexity index is 419. The molecule has 0 heterocycles. The summed E-state index contributed by atoms with van der Waals surface area (Å²) >= 11 is 0. The van der Waals surface area contributed by atoms with E-state index in [9.17, 15) is 4.79 Å². The molecule has 17 heavy (non-hydrogen) atoms. The first-order valence-corrected chi connectivity index (χ1v) is 5.79. The van der Waals surface area contributed by atoms with Gasteiger partial charge >= 0.3 is 5.97 Å². The van der Waals surface area contributed by atoms with E-state index < -0.39 is 11.5 Å². The van der Waals surface area contributed by atoms with E-state index in [2.05, 4.69) is 6.07 Å². The van der Waals surface area contributed by atoms with Crippen LogP contribution in [0.25, 0.3) is 0 Å². The molecule has 3 nitrogen and oxygen atoms in total. The predicted molar refractivity (Wildman–Crippen MR) is 69.2 cm³/mol. The molecule has 0 amide bonds. The molecule has 3 heteroatoms. The van der Waals surface area contributed by atoms with E-state index >= 15 is 0 Å². The summed E-state index contributed by atoms with van der Waals surface area (Å²) in [5, 5.41) is 9.00. The van der Waals surface area contributed by atoms with Crippen LogP contribution in [0.3, 0.4) is 0 Å². The number of aliphatic carboxylic acids is 1. The van der Waals surface area contributed by atoms with E-state index in [1.165, 1.54) is 5.56 Å². The van der Waals surface area contributed by atoms with E-state index in [0.29, 0.717) is 0 Å². The van der Waals surface area contributed by atoms with E-state index in [-0.39, 0.29) is 12.3 Å². The van der Waals surface area contributed by atoms with Crippen LogP contribution < -0.4 is 5.73 Å². The molecule has 0 bridgehead atoms. The van der Waals surface area contributed by atoms with Gasteiger partial charge in [-0.05, 0) is 38.8 Å². The molecule has 1 unspecified atom stereocenters. The van der Waals surface area contributed by atoms with Gasteiger partial charge in [0.05, 0.1) is 6.42 Å². The van der Waals surface area contributed by atoms with Crippen molar-refractivity contribution in [3.8, 4) is 0 Å². The monoisotopic (exact) mass is 235 g/mol. The maximum Gasteiger partial charge on any atom is 0.304 e. The third-order valence-electron chi connectivity index (χ3n) is 3.08. The van der Waals surface area contributed by atoms with Crippen LogP contribution in [0.2, 0.25) is 0 Å². The number of aryl methyl sites for hydroxylation is 2. The second-order valence-corrected chi connectivity index (χ2v) is 5.33. The van der Waals surface area contributed by atoms with Gasteiger partial charge in [-0.3, -0.25) is 4.79 Å². The van der Waals surface area contributed by atoms with Gasteiger partial charge in [0.1, 0.15) is 0 Å². The average Bonchev–Trinajstić information content (AvgIpc) is 2.13. The molecule has 94 valence electrons. The maximum atomic E-state index is 11.0. The lowest BCUT2D eigenvalue weighted by Gasteiger charge is -2.31. The van der Waals surface area contributed by atoms with Crippen molar-refractivity contribution < 1.29 is 9.90 Å². The summed E-state index contributed by atoms with van der Waals surface area (Å²) in [5.74, 6) is -0.978. The number of rotatable bonds is 4. The van der Waals surface area contributed by atoms with Crippen LogP contribution in [0.1, 0.15) is 42.9 Å². The second kappa shape index (κ2) is 4.88. The Balaban J connectivity index is 3.17. The van der Waals surface area contributed by atoms with Crippen LogP contribution in [0.4, 0.5) is 0 Å². The minimum atomic E-state index is -0.812. The van der Waals surface area contributed by atoms with Gasteiger partial charge in [0.15, 0.2) is 0 Å². The highest BCUT2D eigenvalue weighted by atomic mass is 16.4. The summed E-state index contributed by atoms with van der Waals surface area (Å²) in [4.78, 5) is 11.0. The molecule has 0 aromatic heterocycles. The van der Waals surface area contributed by atoms with Crippen molar-refractivity contribution in [1.29, 1.82) is 0 Å². The summed E-state index contributed by atoms with van der Waals surface area (Å²) in [6, 6.07) is 6.06. The molecule has 0 spiro atoms. The van der Waals surface area contributed by atoms with Crippen molar-refractivity contribution in [2.24, 2.45) is 5.73 Å². The van der Waals surface area contributed by atoms with Gasteiger partial charge in [0, 0.05) is 11.5 Å². The van der Waals surface area contributed by atoms with Crippen molar-refractivity contribution >= 4 is 5.97 Å². The normalized spacial score (nSPS) is 13.5. The molecule has 0 aliphatic carbocycles. The zero-order chi connectivity index (χ0) is 13.2. The zero-order valence-electron chi connectivity index (χ0n) is 10.9. The van der Waals surface area contributed by atoms with E-state index in [4.69, 9.17) is 10.8 Å². The van der Waals surface area contributed by atoms with Crippen molar-refractivity contribution in [2.45, 2.75) is 45.6 Å². The fourth-order valence-corrected chi connectivity index (χ4v) is 2.17. The maximum absolute atomic E-state index is 11.0. The SMILES string of the molecule is Cc1ccc(C(CC(=O)O)C(C)(C)N)c(C)c1. The lowest BCUT2D eigenvalue weighted by atomic mass is 9.78. The summed E-state index contributed by atoms with van der Waals surface area (Å²) in [5.41, 5.74) is 8.88. The lowest BCUT2D eigenvalue weighted by molar-refractivity contribution is -0.137. The van der Waals surface area contributed by atoms with Crippen LogP contribution in [0.15, 0.2) is 18.2 Å². The number of carboxylic acids is 1. The Morgan fingerprint density at radius 2 is 2.00 bits per heavy atom. The Morgan fingerprint density at radius 3 is 2.41 bits per heavy atom. The van der Waals surface area contributed by atoms with Gasteiger partial charge in [-0.2, -0.15) is 0 Å². The van der Waals surface area contributed by atoms with Crippen LogP contribution in [-0.2, 0) is 4.79 Å². The number of hydrogen-bond acceptors (Lipinski definition) is 2. The molecule has 0 aliphatic rings. The Labute approximate surface area is 103 Å². The molecule has 0 fully saturated rings. The fourth-order valence-electron chi connectivity index (χ4n) is 2.17. The van der Waals surface area contributed by atoms with Crippen LogP contribution in [-0.4, -0.2) is 16.6 Å². The van der Waals surface area contributed by atoms with E-state index in [1.807, 2.05) is 39.8 Å². The first kappa shape index (κ1) is 13.7. The molecule has 0 saturated heterocycles. The summed E-state index contributed by atoms with van der Waals surface area (Å²) < 4.78 is 0. The highest BCUT2D eigenvalue weighted by Crippen LogP contribution is 2.32. The van der Waals surface area contributed by atoms with Gasteiger partial charge in [-0.1, -0.05) is 23.8 Å². The van der Waals surface area contributed by atoms with Crippen LogP contribution in [0, 0.1) is 13.8 Å². The zero-order valence-corrected chi connectivity index (χ0v) is 10.9. The highest BCUT2D eigenvalue weighted by Gasteiger charge is 2.29. The van der Waals surface area contributed by atoms with Gasteiger partial charge in [-0.15, -0.1) is 0 Å². The fraction of sp³-hybridized carbons (Fsp3) is 0.500. The van der Waals surface area contributed by atoms with Crippen molar-refractivity contribution in [3.63, 3.8) is 0 Å². The van der Waals surface area contributed by atoms with Crippen molar-refractivity contribution in [1.82, 2.24) is 0 Å². The Kier molecular flexibility index (Phi) is 3.94. The molecule has 3 N–H and O–H groups in total. The molecule has 0 radical (unpaired) electrons. The minimum absolute atomic E-state index is 0.0629. The molecule has 0 aliphatic heterocycles. The first-order chi connectivity index (χ1) is 7.71. The summed E-state index contributed by atoms with van der Waals surface area (Å²) in [6.45, 7) is 7.78. The average molecular weight is 235 g/mol. The minimum Gasteiger partial charge on any atom is -0.481 e. The third kappa shape index (κ3) is 3.56. The topological polar surface area (TPSA) is 63.3 Å². The molecule has 0 saturated carbocycles. The molecule has 1 aromatic carbocycles. The lowest BCUT2D eigenvalue weighted by Crippen LogP contribution is -2.40. The summed E-state index contributed by atoms with van der Waals surface area (Å²) in [6.07, 6.45) is 0.0629. The molecule has 1 aromatic rings. The van der Waals surface area contributed by atoms with Gasteiger partial charge in [0.2, 0.25) is 0 Å². The Morgan fingerprint density at radius 1 is 1.41 bits per heavy atom. The molecular formula is C14H21NO2. The largest absolute Gasteiger partial charge is 0.481 e. The summed E-state index contributed by atoms with van der Waals surface area (Å²) in [7, 11) is 0. The number of carbonyl (C=O) groups is 1. The standard InChI is InChI=1S/C14H21NO2/c1-9-5-6-11(10(2)7-9)12(8-13(16)17)14(3,4)15/h5-7,12H,8,15H2,1-4H3,(H,16,17). The molecular weight excluding hydrogens is 214 g/mol. The van der Waals surface area contributed by atoms with Gasteiger partial charge < -0.3 is 10.8 Å². The smallest absolute Gasteiger partial charge is 0.304 e. The van der Waals surface area contributed by atoms with Crippen molar-refractivity contribution in [2.75, 3.05) is 0 Å². The van der Waals surface area contributed by atoms with Crippen molar-refractivity contribution in [3.05, 3.63) is 34.9 Å². The second-order valence-electron chi connectivity index (χ2n) is 5.33.